The Kier molecular flexibility index (Phi) is 1.69. The highest BCUT2D eigenvalue weighted by Crippen LogP contribution is 2.73. The Bertz CT molecular complexity index is 189. The molecule has 0 aromatic carbocycles. The maximum atomic E-state index is 13.3. The van der Waals surface area contributed by atoms with Crippen molar-refractivity contribution in [1.82, 2.24) is 0 Å². The Morgan fingerprint density at radius 1 is 1.33 bits per heavy atom. The molecule has 2 saturated carbocycles. The van der Waals surface area contributed by atoms with E-state index in [1.165, 1.54) is 0 Å². The average molecular weight is 175 g/mol. The number of hydrogen-bond donors (Lipinski definition) is 1. The van der Waals surface area contributed by atoms with E-state index in [1.807, 2.05) is 0 Å². The minimum Gasteiger partial charge on any atom is -0.330 e. The van der Waals surface area contributed by atoms with Gasteiger partial charge in [0, 0.05) is 11.3 Å². The number of rotatable bonds is 2. The third kappa shape index (κ3) is 0.804. The third-order valence-electron chi connectivity index (χ3n) is 3.64. The molecule has 2 atom stereocenters. The molecule has 0 aromatic heterocycles. The van der Waals surface area contributed by atoms with Crippen LogP contribution in [0.25, 0.3) is 0 Å². The molecule has 2 aliphatic carbocycles. The van der Waals surface area contributed by atoms with Gasteiger partial charge in [-0.2, -0.15) is 0 Å². The van der Waals surface area contributed by atoms with Crippen LogP contribution in [0.3, 0.4) is 0 Å². The van der Waals surface area contributed by atoms with Crippen molar-refractivity contribution in [2.45, 2.75) is 38.0 Å². The molecule has 2 fully saturated rings. The Labute approximate surface area is 71.3 Å². The molecule has 3 heteroatoms. The molecule has 0 radical (unpaired) electrons. The van der Waals surface area contributed by atoms with Crippen LogP contribution in [-0.4, -0.2) is 12.5 Å². The first kappa shape index (κ1) is 8.42. The summed E-state index contributed by atoms with van der Waals surface area (Å²) < 4.78 is 26.6. The van der Waals surface area contributed by atoms with Crippen LogP contribution in [0.5, 0.6) is 0 Å². The monoisotopic (exact) mass is 175 g/mol. The fourth-order valence-electron chi connectivity index (χ4n) is 2.90. The summed E-state index contributed by atoms with van der Waals surface area (Å²) in [5.74, 6) is -2.72. The molecule has 12 heavy (non-hydrogen) atoms. The van der Waals surface area contributed by atoms with Crippen molar-refractivity contribution in [3.63, 3.8) is 0 Å². The van der Waals surface area contributed by atoms with Crippen LogP contribution < -0.4 is 5.73 Å². The molecule has 70 valence electrons. The molecule has 0 amide bonds. The fourth-order valence-corrected chi connectivity index (χ4v) is 2.90. The van der Waals surface area contributed by atoms with Crippen LogP contribution in [0.1, 0.15) is 32.1 Å². The van der Waals surface area contributed by atoms with Gasteiger partial charge in [-0.25, -0.2) is 8.78 Å². The number of nitrogens with two attached hydrogens (primary N) is 1. The van der Waals surface area contributed by atoms with Crippen LogP contribution in [0.4, 0.5) is 8.78 Å². The van der Waals surface area contributed by atoms with E-state index in [0.29, 0.717) is 25.8 Å². The Hall–Kier alpha value is -0.180. The van der Waals surface area contributed by atoms with Gasteiger partial charge in [-0.15, -0.1) is 0 Å². The Morgan fingerprint density at radius 3 is 2.67 bits per heavy atom. The predicted molar refractivity (Wildman–Crippen MR) is 43.0 cm³/mol. The van der Waals surface area contributed by atoms with Gasteiger partial charge in [0.1, 0.15) is 0 Å². The highest BCUT2D eigenvalue weighted by molar-refractivity contribution is 5.18. The van der Waals surface area contributed by atoms with Gasteiger partial charge < -0.3 is 5.73 Å². The topological polar surface area (TPSA) is 26.0 Å². The molecule has 0 bridgehead atoms. The molecule has 2 N–H and O–H groups in total. The normalized spacial score (nSPS) is 43.8. The highest BCUT2D eigenvalue weighted by atomic mass is 19.3. The van der Waals surface area contributed by atoms with E-state index >= 15 is 0 Å². The summed E-state index contributed by atoms with van der Waals surface area (Å²) in [6.07, 6.45) is 3.87. The molecule has 2 rings (SSSR count). The van der Waals surface area contributed by atoms with E-state index in [4.69, 9.17) is 5.73 Å². The lowest BCUT2D eigenvalue weighted by molar-refractivity contribution is 0.0542. The summed E-state index contributed by atoms with van der Waals surface area (Å²) in [5.41, 5.74) is 4.69. The van der Waals surface area contributed by atoms with Gasteiger partial charge in [-0.3, -0.25) is 0 Å². The minimum atomic E-state index is -2.39. The smallest absolute Gasteiger partial charge is 0.257 e. The van der Waals surface area contributed by atoms with Crippen molar-refractivity contribution in [1.29, 1.82) is 0 Å². The first-order valence-corrected chi connectivity index (χ1v) is 4.73. The second kappa shape index (κ2) is 2.41. The van der Waals surface area contributed by atoms with Gasteiger partial charge in [-0.1, -0.05) is 12.8 Å². The summed E-state index contributed by atoms with van der Waals surface area (Å²) >= 11 is 0. The first-order valence-electron chi connectivity index (χ1n) is 4.73. The van der Waals surface area contributed by atoms with E-state index in [9.17, 15) is 8.78 Å². The standard InChI is InChI=1S/C9H15F2N/c10-9(11)7-3-1-2-4-8(7,9)5-6-12/h7H,1-6,12H2. The van der Waals surface area contributed by atoms with Crippen LogP contribution in [0.15, 0.2) is 0 Å². The molecule has 0 saturated heterocycles. The maximum absolute atomic E-state index is 13.3. The number of halogens is 2. The third-order valence-corrected chi connectivity index (χ3v) is 3.64. The minimum absolute atomic E-state index is 0.331. The molecule has 0 aromatic rings. The van der Waals surface area contributed by atoms with Crippen molar-refractivity contribution in [3.8, 4) is 0 Å². The van der Waals surface area contributed by atoms with E-state index in [-0.39, 0.29) is 5.92 Å². The number of fused-ring (bicyclic) bond motifs is 1. The molecule has 0 aliphatic heterocycles. The molecule has 2 unspecified atom stereocenters. The van der Waals surface area contributed by atoms with Crippen molar-refractivity contribution in [3.05, 3.63) is 0 Å². The van der Waals surface area contributed by atoms with Crippen molar-refractivity contribution < 1.29 is 8.78 Å². The van der Waals surface area contributed by atoms with Crippen molar-refractivity contribution >= 4 is 0 Å². The van der Waals surface area contributed by atoms with E-state index in [1.54, 1.807) is 0 Å². The zero-order valence-corrected chi connectivity index (χ0v) is 7.15. The second-order valence-corrected chi connectivity index (χ2v) is 4.12. The van der Waals surface area contributed by atoms with Gasteiger partial charge in [0.2, 0.25) is 0 Å². The lowest BCUT2D eigenvalue weighted by Gasteiger charge is -2.18. The van der Waals surface area contributed by atoms with E-state index in [2.05, 4.69) is 0 Å². The van der Waals surface area contributed by atoms with Crippen LogP contribution in [0.2, 0.25) is 0 Å². The highest BCUT2D eigenvalue weighted by Gasteiger charge is 2.78. The van der Waals surface area contributed by atoms with Gasteiger partial charge in [0.25, 0.3) is 5.92 Å². The van der Waals surface area contributed by atoms with Gasteiger partial charge in [0.15, 0.2) is 0 Å². The van der Waals surface area contributed by atoms with Gasteiger partial charge >= 0.3 is 0 Å². The van der Waals surface area contributed by atoms with Crippen molar-refractivity contribution in [2.75, 3.05) is 6.54 Å². The molecule has 2 aliphatic rings. The lowest BCUT2D eigenvalue weighted by atomic mass is 9.86. The molecule has 1 nitrogen and oxygen atoms in total. The van der Waals surface area contributed by atoms with E-state index in [0.717, 1.165) is 12.8 Å². The zero-order valence-electron chi connectivity index (χ0n) is 7.15. The molecular weight excluding hydrogens is 160 g/mol. The predicted octanol–water partition coefficient (Wildman–Crippen LogP) is 2.16. The number of hydrogen-bond acceptors (Lipinski definition) is 1. The average Bonchev–Trinajstić information content (AvgIpc) is 2.51. The van der Waals surface area contributed by atoms with Crippen molar-refractivity contribution in [2.24, 2.45) is 17.1 Å². The Morgan fingerprint density at radius 2 is 2.08 bits per heavy atom. The van der Waals surface area contributed by atoms with Crippen LogP contribution in [-0.2, 0) is 0 Å². The summed E-state index contributed by atoms with van der Waals surface area (Å²) in [6, 6.07) is 0. The first-order chi connectivity index (χ1) is 5.65. The number of alkyl halides is 2. The zero-order chi connectivity index (χ0) is 8.82. The summed E-state index contributed by atoms with van der Waals surface area (Å²) in [6.45, 7) is 0.409. The molecular formula is C9H15F2N. The maximum Gasteiger partial charge on any atom is 0.257 e. The second-order valence-electron chi connectivity index (χ2n) is 4.12. The SMILES string of the molecule is NCCC12CCCCC1C2(F)F. The summed E-state index contributed by atoms with van der Waals surface area (Å²) in [7, 11) is 0. The Balaban J connectivity index is 2.13. The largest absolute Gasteiger partial charge is 0.330 e. The van der Waals surface area contributed by atoms with Gasteiger partial charge in [-0.05, 0) is 25.8 Å². The lowest BCUT2D eigenvalue weighted by Crippen LogP contribution is -2.18. The fraction of sp³-hybridized carbons (Fsp3) is 1.00. The quantitative estimate of drug-likeness (QED) is 0.683. The summed E-state index contributed by atoms with van der Waals surface area (Å²) in [4.78, 5) is 0. The van der Waals surface area contributed by atoms with Gasteiger partial charge in [0.05, 0.1) is 0 Å². The van der Waals surface area contributed by atoms with Crippen LogP contribution >= 0.6 is 0 Å². The van der Waals surface area contributed by atoms with E-state index < -0.39 is 11.3 Å². The summed E-state index contributed by atoms with van der Waals surface area (Å²) in [5, 5.41) is 0. The van der Waals surface area contributed by atoms with Crippen LogP contribution in [0, 0.1) is 11.3 Å². The molecule has 0 heterocycles. The molecule has 0 spiro atoms.